The lowest BCUT2D eigenvalue weighted by Crippen LogP contribution is -2.22. The minimum Gasteiger partial charge on any atom is -0.497 e. The lowest BCUT2D eigenvalue weighted by molar-refractivity contribution is 0.0560. The number of ether oxygens (including phenoxy) is 1. The summed E-state index contributed by atoms with van der Waals surface area (Å²) < 4.78 is 31.9. The Morgan fingerprint density at radius 3 is 2.25 bits per heavy atom. The van der Waals surface area contributed by atoms with Crippen molar-refractivity contribution in [3.63, 3.8) is 0 Å². The average molecular weight is 228 g/mol. The highest BCUT2D eigenvalue weighted by Gasteiger charge is 2.31. The predicted molar refractivity (Wildman–Crippen MR) is 55.2 cm³/mol. The van der Waals surface area contributed by atoms with Gasteiger partial charge < -0.3 is 9.84 Å². The van der Waals surface area contributed by atoms with Crippen LogP contribution in [0, 0.1) is 17.6 Å². The number of halogens is 2. The first-order valence-electron chi connectivity index (χ1n) is 5.34. The number of hydrogen-bond donors (Lipinski definition) is 1. The van der Waals surface area contributed by atoms with Gasteiger partial charge in [-0.15, -0.1) is 0 Å². The summed E-state index contributed by atoms with van der Waals surface area (Å²) in [5, 5.41) is 9.84. The lowest BCUT2D eigenvalue weighted by Gasteiger charge is -2.30. The maximum Gasteiger partial charge on any atom is 0.135 e. The lowest BCUT2D eigenvalue weighted by atomic mass is 9.78. The van der Waals surface area contributed by atoms with Crippen LogP contribution >= 0.6 is 0 Å². The number of benzene rings is 1. The summed E-state index contributed by atoms with van der Waals surface area (Å²) in [6.45, 7) is 0. The van der Waals surface area contributed by atoms with E-state index in [0.29, 0.717) is 0 Å². The molecule has 0 aromatic heterocycles. The first kappa shape index (κ1) is 11.3. The van der Waals surface area contributed by atoms with Crippen LogP contribution < -0.4 is 4.74 Å². The molecule has 0 aliphatic heterocycles. The van der Waals surface area contributed by atoms with Gasteiger partial charge in [0.15, 0.2) is 0 Å². The van der Waals surface area contributed by atoms with Crippen molar-refractivity contribution in [3.8, 4) is 5.75 Å². The standard InChI is InChI=1S/C12H14F2O2/c1-16-8-5-9(13)11(10(14)6-8)12(15)7-3-2-4-7/h5-7,12,15H,2-4H2,1H3. The van der Waals surface area contributed by atoms with Crippen LogP contribution in [0.1, 0.15) is 30.9 Å². The molecule has 1 atom stereocenters. The monoisotopic (exact) mass is 228 g/mol. The number of hydrogen-bond acceptors (Lipinski definition) is 2. The zero-order valence-electron chi connectivity index (χ0n) is 9.04. The zero-order chi connectivity index (χ0) is 11.7. The molecule has 88 valence electrons. The van der Waals surface area contributed by atoms with E-state index < -0.39 is 17.7 Å². The largest absolute Gasteiger partial charge is 0.497 e. The topological polar surface area (TPSA) is 29.5 Å². The molecule has 16 heavy (non-hydrogen) atoms. The van der Waals surface area contributed by atoms with Crippen LogP contribution in [-0.4, -0.2) is 12.2 Å². The fraction of sp³-hybridized carbons (Fsp3) is 0.500. The molecule has 0 heterocycles. The molecule has 1 unspecified atom stereocenters. The van der Waals surface area contributed by atoms with E-state index in [1.807, 2.05) is 0 Å². The summed E-state index contributed by atoms with van der Waals surface area (Å²) >= 11 is 0. The van der Waals surface area contributed by atoms with Gasteiger partial charge in [0.2, 0.25) is 0 Å². The van der Waals surface area contributed by atoms with Crippen molar-refractivity contribution in [1.29, 1.82) is 0 Å². The number of methoxy groups -OCH3 is 1. The predicted octanol–water partition coefficient (Wildman–Crippen LogP) is 2.81. The molecule has 0 saturated heterocycles. The molecule has 4 heteroatoms. The van der Waals surface area contributed by atoms with Crippen LogP contribution in [0.5, 0.6) is 5.75 Å². The summed E-state index contributed by atoms with van der Waals surface area (Å²) in [7, 11) is 1.34. The highest BCUT2D eigenvalue weighted by Crippen LogP contribution is 2.39. The van der Waals surface area contributed by atoms with Crippen LogP contribution in [0.3, 0.4) is 0 Å². The Kier molecular flexibility index (Phi) is 3.10. The zero-order valence-corrected chi connectivity index (χ0v) is 9.04. The Bertz CT molecular complexity index is 366. The van der Waals surface area contributed by atoms with Crippen molar-refractivity contribution in [2.75, 3.05) is 7.11 Å². The Labute approximate surface area is 92.9 Å². The van der Waals surface area contributed by atoms with E-state index in [4.69, 9.17) is 4.74 Å². The second-order valence-electron chi connectivity index (χ2n) is 4.14. The quantitative estimate of drug-likeness (QED) is 0.862. The van der Waals surface area contributed by atoms with E-state index in [1.165, 1.54) is 7.11 Å². The van der Waals surface area contributed by atoms with Crippen molar-refractivity contribution in [2.45, 2.75) is 25.4 Å². The smallest absolute Gasteiger partial charge is 0.135 e. The summed E-state index contributed by atoms with van der Waals surface area (Å²) in [5.74, 6) is -1.37. The number of aliphatic hydroxyl groups is 1. The third kappa shape index (κ3) is 1.89. The van der Waals surface area contributed by atoms with E-state index in [2.05, 4.69) is 0 Å². The summed E-state index contributed by atoms with van der Waals surface area (Å²) in [6.07, 6.45) is 1.62. The van der Waals surface area contributed by atoms with Gasteiger partial charge in [-0.05, 0) is 18.8 Å². The molecular weight excluding hydrogens is 214 g/mol. The Balaban J connectivity index is 2.32. The fourth-order valence-electron chi connectivity index (χ4n) is 1.95. The van der Waals surface area contributed by atoms with Gasteiger partial charge in [0.25, 0.3) is 0 Å². The van der Waals surface area contributed by atoms with Crippen LogP contribution in [0.2, 0.25) is 0 Å². The van der Waals surface area contributed by atoms with Gasteiger partial charge in [0.1, 0.15) is 17.4 Å². The molecule has 2 rings (SSSR count). The van der Waals surface area contributed by atoms with Crippen LogP contribution in [-0.2, 0) is 0 Å². The minimum absolute atomic E-state index is 0.0163. The maximum atomic E-state index is 13.6. The van der Waals surface area contributed by atoms with Gasteiger partial charge in [-0.3, -0.25) is 0 Å². The van der Waals surface area contributed by atoms with Gasteiger partial charge in [0, 0.05) is 12.1 Å². The van der Waals surface area contributed by atoms with Crippen LogP contribution in [0.4, 0.5) is 8.78 Å². The number of aliphatic hydroxyl groups excluding tert-OH is 1. The van der Waals surface area contributed by atoms with Gasteiger partial charge in [-0.25, -0.2) is 8.78 Å². The van der Waals surface area contributed by atoms with Gasteiger partial charge in [-0.2, -0.15) is 0 Å². The molecule has 1 saturated carbocycles. The average Bonchev–Trinajstić information content (AvgIpc) is 2.13. The highest BCUT2D eigenvalue weighted by atomic mass is 19.1. The van der Waals surface area contributed by atoms with E-state index in [9.17, 15) is 13.9 Å². The molecule has 0 spiro atoms. The van der Waals surface area contributed by atoms with E-state index >= 15 is 0 Å². The van der Waals surface area contributed by atoms with E-state index in [0.717, 1.165) is 31.4 Å². The molecule has 1 aliphatic rings. The second-order valence-corrected chi connectivity index (χ2v) is 4.14. The Morgan fingerprint density at radius 2 is 1.88 bits per heavy atom. The molecular formula is C12H14F2O2. The molecule has 2 nitrogen and oxygen atoms in total. The third-order valence-electron chi connectivity index (χ3n) is 3.18. The van der Waals surface area contributed by atoms with Crippen LogP contribution in [0.25, 0.3) is 0 Å². The van der Waals surface area contributed by atoms with Crippen molar-refractivity contribution >= 4 is 0 Å². The molecule has 0 radical (unpaired) electrons. The Hall–Kier alpha value is -1.16. The van der Waals surface area contributed by atoms with Crippen molar-refractivity contribution in [2.24, 2.45) is 5.92 Å². The SMILES string of the molecule is COc1cc(F)c(C(O)C2CCC2)c(F)c1. The normalized spacial score (nSPS) is 18.0. The van der Waals surface area contributed by atoms with Gasteiger partial charge in [0.05, 0.1) is 18.8 Å². The molecule has 1 N–H and O–H groups in total. The highest BCUT2D eigenvalue weighted by molar-refractivity contribution is 5.32. The van der Waals surface area contributed by atoms with Crippen molar-refractivity contribution in [3.05, 3.63) is 29.3 Å². The summed E-state index contributed by atoms with van der Waals surface area (Å²) in [4.78, 5) is 0. The van der Waals surface area contributed by atoms with Crippen molar-refractivity contribution < 1.29 is 18.6 Å². The first-order chi connectivity index (χ1) is 7.63. The van der Waals surface area contributed by atoms with E-state index in [1.54, 1.807) is 0 Å². The molecule has 1 fully saturated rings. The number of rotatable bonds is 3. The summed E-state index contributed by atoms with van der Waals surface area (Å²) in [6, 6.07) is 2.20. The van der Waals surface area contributed by atoms with E-state index in [-0.39, 0.29) is 17.2 Å². The second kappa shape index (κ2) is 4.37. The fourth-order valence-corrected chi connectivity index (χ4v) is 1.95. The molecule has 1 aliphatic carbocycles. The Morgan fingerprint density at radius 1 is 1.31 bits per heavy atom. The first-order valence-corrected chi connectivity index (χ1v) is 5.34. The molecule has 1 aromatic carbocycles. The molecule has 1 aromatic rings. The maximum absolute atomic E-state index is 13.6. The van der Waals surface area contributed by atoms with Gasteiger partial charge >= 0.3 is 0 Å². The van der Waals surface area contributed by atoms with Crippen LogP contribution in [0.15, 0.2) is 12.1 Å². The molecule has 0 bridgehead atoms. The molecule has 0 amide bonds. The third-order valence-corrected chi connectivity index (χ3v) is 3.18. The van der Waals surface area contributed by atoms with Gasteiger partial charge in [-0.1, -0.05) is 6.42 Å². The summed E-state index contributed by atoms with van der Waals surface area (Å²) in [5.41, 5.74) is -0.231. The minimum atomic E-state index is -1.04. The van der Waals surface area contributed by atoms with Crippen molar-refractivity contribution in [1.82, 2.24) is 0 Å².